The minimum atomic E-state index is -0.829. The Morgan fingerprint density at radius 3 is 2.74 bits per heavy atom. The van der Waals surface area contributed by atoms with E-state index in [0.29, 0.717) is 11.3 Å². The van der Waals surface area contributed by atoms with Gasteiger partial charge in [-0.2, -0.15) is 5.26 Å². The zero-order valence-corrected chi connectivity index (χ0v) is 15.4. The van der Waals surface area contributed by atoms with E-state index in [4.69, 9.17) is 15.2 Å². The van der Waals surface area contributed by atoms with Crippen molar-refractivity contribution in [2.75, 3.05) is 24.6 Å². The SMILES string of the molecule is CCOC(=O)C1=C(C)OC(N)=C(C#N)C1c1ccc(N2CCCC2)c(F)c1. The van der Waals surface area contributed by atoms with Crippen molar-refractivity contribution >= 4 is 11.7 Å². The van der Waals surface area contributed by atoms with Crippen LogP contribution in [0.1, 0.15) is 38.2 Å². The van der Waals surface area contributed by atoms with Crippen molar-refractivity contribution in [3.8, 4) is 6.07 Å². The third-order valence-electron chi connectivity index (χ3n) is 4.85. The van der Waals surface area contributed by atoms with Gasteiger partial charge in [-0.3, -0.25) is 0 Å². The average Bonchev–Trinajstić information content (AvgIpc) is 3.15. The molecule has 3 rings (SSSR count). The second kappa shape index (κ2) is 7.70. The molecule has 27 heavy (non-hydrogen) atoms. The lowest BCUT2D eigenvalue weighted by atomic mass is 9.83. The van der Waals surface area contributed by atoms with E-state index in [9.17, 15) is 14.4 Å². The van der Waals surface area contributed by atoms with Crippen LogP contribution in [0.25, 0.3) is 0 Å². The maximum absolute atomic E-state index is 14.8. The Bertz CT molecular complexity index is 864. The molecule has 1 fully saturated rings. The molecular formula is C20H22FN3O3. The molecule has 2 heterocycles. The number of hydrogen-bond acceptors (Lipinski definition) is 6. The molecule has 2 aliphatic heterocycles. The summed E-state index contributed by atoms with van der Waals surface area (Å²) < 4.78 is 25.3. The Kier molecular flexibility index (Phi) is 5.36. The molecule has 0 amide bonds. The van der Waals surface area contributed by atoms with E-state index < -0.39 is 17.7 Å². The standard InChI is InChI=1S/C20H22FN3O3/c1-3-26-20(25)17-12(2)27-19(23)14(11-22)18(17)13-6-7-16(15(21)10-13)24-8-4-5-9-24/h6-7,10,18H,3-5,8-9,23H2,1-2H3. The molecule has 0 aromatic heterocycles. The first-order chi connectivity index (χ1) is 13.0. The van der Waals surface area contributed by atoms with Gasteiger partial charge >= 0.3 is 5.97 Å². The zero-order valence-electron chi connectivity index (χ0n) is 15.4. The van der Waals surface area contributed by atoms with Gasteiger partial charge in [0, 0.05) is 13.1 Å². The molecular weight excluding hydrogens is 349 g/mol. The molecule has 0 aliphatic carbocycles. The summed E-state index contributed by atoms with van der Waals surface area (Å²) in [4.78, 5) is 14.5. The van der Waals surface area contributed by atoms with E-state index in [1.165, 1.54) is 6.07 Å². The summed E-state index contributed by atoms with van der Waals surface area (Å²) in [5.74, 6) is -1.66. The number of rotatable bonds is 4. The highest BCUT2D eigenvalue weighted by atomic mass is 19.1. The number of benzene rings is 1. The number of nitrogens with two attached hydrogens (primary N) is 1. The Hall–Kier alpha value is -3.01. The summed E-state index contributed by atoms with van der Waals surface area (Å²) in [5, 5.41) is 9.56. The van der Waals surface area contributed by atoms with Crippen LogP contribution in [-0.4, -0.2) is 25.7 Å². The van der Waals surface area contributed by atoms with Gasteiger partial charge in [-0.15, -0.1) is 0 Å². The van der Waals surface area contributed by atoms with Crippen molar-refractivity contribution in [3.63, 3.8) is 0 Å². The summed E-state index contributed by atoms with van der Waals surface area (Å²) in [6, 6.07) is 6.77. The lowest BCUT2D eigenvalue weighted by molar-refractivity contribution is -0.139. The number of ether oxygens (including phenoxy) is 2. The Morgan fingerprint density at radius 2 is 2.15 bits per heavy atom. The summed E-state index contributed by atoms with van der Waals surface area (Å²) in [7, 11) is 0. The third-order valence-corrected chi connectivity index (χ3v) is 4.85. The molecule has 1 aromatic carbocycles. The Labute approximate surface area is 157 Å². The van der Waals surface area contributed by atoms with Gasteiger partial charge in [-0.25, -0.2) is 9.18 Å². The summed E-state index contributed by atoms with van der Waals surface area (Å²) in [6.45, 7) is 5.07. The van der Waals surface area contributed by atoms with Crippen molar-refractivity contribution in [1.82, 2.24) is 0 Å². The molecule has 0 spiro atoms. The van der Waals surface area contributed by atoms with Crippen molar-refractivity contribution < 1.29 is 18.7 Å². The quantitative estimate of drug-likeness (QED) is 0.819. The van der Waals surface area contributed by atoms with Crippen LogP contribution in [0.2, 0.25) is 0 Å². The van der Waals surface area contributed by atoms with E-state index in [1.54, 1.807) is 26.0 Å². The maximum atomic E-state index is 14.8. The molecule has 2 aliphatic rings. The van der Waals surface area contributed by atoms with Crippen LogP contribution in [0.3, 0.4) is 0 Å². The minimum Gasteiger partial charge on any atom is -0.463 e. The molecule has 0 saturated carbocycles. The largest absolute Gasteiger partial charge is 0.463 e. The fourth-order valence-corrected chi connectivity index (χ4v) is 3.61. The molecule has 1 atom stereocenters. The van der Waals surface area contributed by atoms with E-state index in [0.717, 1.165) is 25.9 Å². The molecule has 7 heteroatoms. The average molecular weight is 371 g/mol. The number of carbonyl (C=O) groups excluding carboxylic acids is 1. The summed E-state index contributed by atoms with van der Waals surface area (Å²) in [5.41, 5.74) is 7.07. The van der Waals surface area contributed by atoms with Crippen LogP contribution in [0.4, 0.5) is 10.1 Å². The highest BCUT2D eigenvalue weighted by Gasteiger charge is 2.36. The summed E-state index contributed by atoms with van der Waals surface area (Å²) in [6.07, 6.45) is 2.07. The molecule has 6 nitrogen and oxygen atoms in total. The maximum Gasteiger partial charge on any atom is 0.338 e. The number of carbonyl (C=O) groups is 1. The molecule has 0 bridgehead atoms. The molecule has 1 aromatic rings. The fraction of sp³-hybridized carbons (Fsp3) is 0.400. The molecule has 142 valence electrons. The van der Waals surface area contributed by atoms with Gasteiger partial charge < -0.3 is 20.1 Å². The van der Waals surface area contributed by atoms with Crippen LogP contribution >= 0.6 is 0 Å². The second-order valence-electron chi connectivity index (χ2n) is 6.52. The normalized spacial score (nSPS) is 19.8. The van der Waals surface area contributed by atoms with Gasteiger partial charge in [0.1, 0.15) is 23.2 Å². The summed E-state index contributed by atoms with van der Waals surface area (Å²) >= 11 is 0. The number of allylic oxidation sites excluding steroid dienone is 2. The number of hydrogen-bond donors (Lipinski definition) is 1. The van der Waals surface area contributed by atoms with Gasteiger partial charge in [-0.1, -0.05) is 6.07 Å². The predicted octanol–water partition coefficient (Wildman–Crippen LogP) is 3.07. The van der Waals surface area contributed by atoms with E-state index in [1.807, 2.05) is 11.0 Å². The topological polar surface area (TPSA) is 88.6 Å². The Balaban J connectivity index is 2.06. The number of esters is 1. The van der Waals surface area contributed by atoms with Gasteiger partial charge in [-0.05, 0) is 44.4 Å². The van der Waals surface area contributed by atoms with Crippen LogP contribution < -0.4 is 10.6 Å². The lowest BCUT2D eigenvalue weighted by Crippen LogP contribution is -2.26. The zero-order chi connectivity index (χ0) is 19.6. The predicted molar refractivity (Wildman–Crippen MR) is 97.8 cm³/mol. The minimum absolute atomic E-state index is 0.0666. The van der Waals surface area contributed by atoms with Gasteiger partial charge in [0.25, 0.3) is 0 Å². The van der Waals surface area contributed by atoms with E-state index in [-0.39, 0.29) is 29.4 Å². The lowest BCUT2D eigenvalue weighted by Gasteiger charge is -2.27. The molecule has 1 saturated heterocycles. The van der Waals surface area contributed by atoms with Gasteiger partial charge in [0.2, 0.25) is 5.88 Å². The first-order valence-electron chi connectivity index (χ1n) is 8.97. The van der Waals surface area contributed by atoms with Crippen molar-refractivity contribution in [3.05, 3.63) is 52.4 Å². The van der Waals surface area contributed by atoms with Crippen molar-refractivity contribution in [2.24, 2.45) is 5.73 Å². The molecule has 2 N–H and O–H groups in total. The van der Waals surface area contributed by atoms with E-state index in [2.05, 4.69) is 0 Å². The number of nitriles is 1. The third kappa shape index (κ3) is 3.47. The van der Waals surface area contributed by atoms with Crippen LogP contribution in [-0.2, 0) is 14.3 Å². The molecule has 1 unspecified atom stereocenters. The fourth-order valence-electron chi connectivity index (χ4n) is 3.61. The smallest absolute Gasteiger partial charge is 0.338 e. The van der Waals surface area contributed by atoms with E-state index >= 15 is 0 Å². The van der Waals surface area contributed by atoms with Crippen LogP contribution in [0.5, 0.6) is 0 Å². The van der Waals surface area contributed by atoms with Crippen LogP contribution in [0.15, 0.2) is 41.0 Å². The van der Waals surface area contributed by atoms with Crippen molar-refractivity contribution in [1.29, 1.82) is 5.26 Å². The number of halogens is 1. The monoisotopic (exact) mass is 371 g/mol. The molecule has 0 radical (unpaired) electrons. The highest BCUT2D eigenvalue weighted by molar-refractivity contribution is 5.92. The van der Waals surface area contributed by atoms with Crippen LogP contribution in [0, 0.1) is 17.1 Å². The first kappa shape index (κ1) is 18.8. The van der Waals surface area contributed by atoms with Gasteiger partial charge in [0.15, 0.2) is 0 Å². The van der Waals surface area contributed by atoms with Gasteiger partial charge in [0.05, 0.1) is 23.8 Å². The second-order valence-corrected chi connectivity index (χ2v) is 6.52. The Morgan fingerprint density at radius 1 is 1.44 bits per heavy atom. The number of anilines is 1. The van der Waals surface area contributed by atoms with Crippen molar-refractivity contribution in [2.45, 2.75) is 32.6 Å². The highest BCUT2D eigenvalue weighted by Crippen LogP contribution is 2.40. The number of nitrogens with zero attached hydrogens (tertiary/aromatic N) is 2. The first-order valence-corrected chi connectivity index (χ1v) is 8.97.